The highest BCUT2D eigenvalue weighted by Crippen LogP contribution is 2.27. The number of nitrogens with one attached hydrogen (secondary N) is 3. The lowest BCUT2D eigenvalue weighted by Crippen LogP contribution is -2.44. The quantitative estimate of drug-likeness (QED) is 0.174. The van der Waals surface area contributed by atoms with Gasteiger partial charge < -0.3 is 30.7 Å². The zero-order valence-corrected chi connectivity index (χ0v) is 21.2. The first kappa shape index (κ1) is 28.0. The van der Waals surface area contributed by atoms with Gasteiger partial charge in [0, 0.05) is 25.7 Å². The molecule has 0 unspecified atom stereocenters. The molecule has 0 saturated heterocycles. The van der Waals surface area contributed by atoms with Crippen LogP contribution < -0.4 is 16.0 Å². The number of carbonyl (C=O) groups excluding carboxylic acids is 1. The number of amides is 3. The monoisotopic (exact) mass is 551 g/mol. The molecular formula is C28H27F2N5O5. The van der Waals surface area contributed by atoms with Crippen LogP contribution in [0.4, 0.5) is 18.4 Å². The molecular weight excluding hydrogens is 524 g/mol. The second kappa shape index (κ2) is 12.7. The molecule has 4 rings (SSSR count). The Labute approximate surface area is 227 Å². The van der Waals surface area contributed by atoms with Crippen LogP contribution in [0.15, 0.2) is 66.7 Å². The molecule has 1 atom stereocenters. The van der Waals surface area contributed by atoms with E-state index in [0.29, 0.717) is 35.1 Å². The Kier molecular flexibility index (Phi) is 8.89. The fourth-order valence-electron chi connectivity index (χ4n) is 4.32. The number of halogens is 2. The summed E-state index contributed by atoms with van der Waals surface area (Å²) in [5.41, 5.74) is 3.05. The lowest BCUT2D eigenvalue weighted by molar-refractivity contribution is 0.0933. The van der Waals surface area contributed by atoms with E-state index in [0.717, 1.165) is 17.7 Å². The maximum atomic E-state index is 13.8. The summed E-state index contributed by atoms with van der Waals surface area (Å²) in [7, 11) is 0. The number of rotatable bonds is 11. The van der Waals surface area contributed by atoms with E-state index in [1.807, 2.05) is 30.3 Å². The summed E-state index contributed by atoms with van der Waals surface area (Å²) in [5.74, 6) is -2.38. The van der Waals surface area contributed by atoms with Crippen molar-refractivity contribution < 1.29 is 33.4 Å². The van der Waals surface area contributed by atoms with Crippen LogP contribution >= 0.6 is 0 Å². The number of imidazole rings is 1. The highest BCUT2D eigenvalue weighted by Gasteiger charge is 2.21. The van der Waals surface area contributed by atoms with Gasteiger partial charge in [-0.15, -0.1) is 0 Å². The van der Waals surface area contributed by atoms with Crippen LogP contribution in [0.2, 0.25) is 0 Å². The normalized spacial score (nSPS) is 11.7. The smallest absolute Gasteiger partial charge is 0.404 e. The van der Waals surface area contributed by atoms with Crippen LogP contribution in [0, 0.1) is 11.6 Å². The summed E-state index contributed by atoms with van der Waals surface area (Å²) in [6.07, 6.45) is -1.82. The van der Waals surface area contributed by atoms with Gasteiger partial charge in [-0.3, -0.25) is 4.79 Å². The summed E-state index contributed by atoms with van der Waals surface area (Å²) in [6.45, 7) is 0.406. The summed E-state index contributed by atoms with van der Waals surface area (Å²) in [5, 5.41) is 25.1. The van der Waals surface area contributed by atoms with Crippen molar-refractivity contribution >= 4 is 29.1 Å². The van der Waals surface area contributed by atoms with E-state index in [-0.39, 0.29) is 25.3 Å². The van der Waals surface area contributed by atoms with Crippen molar-refractivity contribution in [1.29, 1.82) is 0 Å². The molecule has 5 N–H and O–H groups in total. The molecule has 0 aliphatic rings. The van der Waals surface area contributed by atoms with Crippen LogP contribution in [0.1, 0.15) is 29.0 Å². The van der Waals surface area contributed by atoms with Gasteiger partial charge in [-0.25, -0.2) is 23.4 Å². The van der Waals surface area contributed by atoms with Gasteiger partial charge in [-0.1, -0.05) is 42.5 Å². The van der Waals surface area contributed by atoms with Crippen LogP contribution in [0.3, 0.4) is 0 Å². The zero-order valence-electron chi connectivity index (χ0n) is 21.2. The van der Waals surface area contributed by atoms with E-state index in [4.69, 9.17) is 5.11 Å². The van der Waals surface area contributed by atoms with Crippen LogP contribution in [0.25, 0.3) is 22.2 Å². The molecule has 0 aliphatic carbocycles. The molecule has 1 heterocycles. The lowest BCUT2D eigenvalue weighted by atomic mass is 10.0. The second-order valence-electron chi connectivity index (χ2n) is 9.07. The van der Waals surface area contributed by atoms with Gasteiger partial charge in [0.15, 0.2) is 17.5 Å². The molecule has 40 heavy (non-hydrogen) atoms. The number of nitrogens with zero attached hydrogens (tertiary/aromatic N) is 2. The van der Waals surface area contributed by atoms with E-state index in [9.17, 15) is 28.3 Å². The minimum absolute atomic E-state index is 0.0488. The van der Waals surface area contributed by atoms with Crippen molar-refractivity contribution in [2.75, 3.05) is 13.1 Å². The number of hydrogen-bond donors (Lipinski definition) is 5. The van der Waals surface area contributed by atoms with Gasteiger partial charge >= 0.3 is 12.2 Å². The van der Waals surface area contributed by atoms with Crippen molar-refractivity contribution in [3.63, 3.8) is 0 Å². The number of benzene rings is 3. The first-order valence-electron chi connectivity index (χ1n) is 12.5. The minimum atomic E-state index is -1.27. The molecule has 12 heteroatoms. The molecule has 3 amide bonds. The summed E-state index contributed by atoms with van der Waals surface area (Å²) >= 11 is 0. The van der Waals surface area contributed by atoms with Crippen molar-refractivity contribution in [3.8, 4) is 11.1 Å². The molecule has 0 spiro atoms. The second-order valence-corrected chi connectivity index (χ2v) is 9.07. The lowest BCUT2D eigenvalue weighted by Gasteiger charge is -2.18. The fraction of sp³-hybridized carbons (Fsp3) is 0.214. The molecule has 10 nitrogen and oxygen atoms in total. The van der Waals surface area contributed by atoms with Crippen molar-refractivity contribution in [2.24, 2.45) is 0 Å². The van der Waals surface area contributed by atoms with Gasteiger partial charge in [0.25, 0.3) is 5.91 Å². The third kappa shape index (κ3) is 7.10. The van der Waals surface area contributed by atoms with Gasteiger partial charge in [0.2, 0.25) is 0 Å². The van der Waals surface area contributed by atoms with Gasteiger partial charge in [0.05, 0.1) is 11.0 Å². The third-order valence-corrected chi connectivity index (χ3v) is 6.23. The first-order chi connectivity index (χ1) is 19.2. The van der Waals surface area contributed by atoms with E-state index in [2.05, 4.69) is 20.9 Å². The minimum Gasteiger partial charge on any atom is -0.465 e. The van der Waals surface area contributed by atoms with Gasteiger partial charge in [-0.2, -0.15) is 0 Å². The molecule has 0 radical (unpaired) electrons. The third-order valence-electron chi connectivity index (χ3n) is 6.23. The predicted octanol–water partition coefficient (Wildman–Crippen LogP) is 4.44. The molecule has 3 aromatic carbocycles. The van der Waals surface area contributed by atoms with Gasteiger partial charge in [0.1, 0.15) is 0 Å². The average molecular weight is 552 g/mol. The van der Waals surface area contributed by atoms with Crippen LogP contribution in [0.5, 0.6) is 0 Å². The maximum Gasteiger partial charge on any atom is 0.404 e. The molecule has 0 aliphatic heterocycles. The van der Waals surface area contributed by atoms with Crippen molar-refractivity contribution in [3.05, 3.63) is 89.8 Å². The molecule has 208 valence electrons. The Morgan fingerprint density at radius 3 is 2.30 bits per heavy atom. The summed E-state index contributed by atoms with van der Waals surface area (Å²) in [4.78, 5) is 39.7. The number of fused-ring (bicyclic) bond motifs is 1. The standard InChI is InChI=1S/C28H27F2N5O5/c29-21-10-8-18(13-22(21)30)19-9-11-24-23(14-19)34-25(35(24)16-17-5-2-1-3-6-17)26(36)32-15-20(33-28(39)40)7-4-12-31-27(37)38/h1-3,5-6,8-11,13-14,20,31,33H,4,7,12,15-16H2,(H,32,36)(H,37,38)(H,39,40)/t20-/m0/s1. The summed E-state index contributed by atoms with van der Waals surface area (Å²) < 4.78 is 29.0. The Balaban J connectivity index is 1.60. The average Bonchev–Trinajstić information content (AvgIpc) is 3.28. The highest BCUT2D eigenvalue weighted by atomic mass is 19.2. The molecule has 0 bridgehead atoms. The molecule has 0 fully saturated rings. The summed E-state index contributed by atoms with van der Waals surface area (Å²) in [6, 6.07) is 17.5. The first-order valence-corrected chi connectivity index (χ1v) is 12.5. The Bertz CT molecular complexity index is 1530. The van der Waals surface area contributed by atoms with Gasteiger partial charge in [-0.05, 0) is 53.8 Å². The highest BCUT2D eigenvalue weighted by molar-refractivity contribution is 5.95. The molecule has 4 aromatic rings. The fourth-order valence-corrected chi connectivity index (χ4v) is 4.32. The molecule has 1 aromatic heterocycles. The Morgan fingerprint density at radius 1 is 0.875 bits per heavy atom. The van der Waals surface area contributed by atoms with E-state index in [1.54, 1.807) is 22.8 Å². The van der Waals surface area contributed by atoms with Crippen molar-refractivity contribution in [2.45, 2.75) is 25.4 Å². The number of carbonyl (C=O) groups is 3. The predicted molar refractivity (Wildman–Crippen MR) is 143 cm³/mol. The SMILES string of the molecule is O=C(O)NCCC[C@@H](CNC(=O)c1nc2cc(-c3ccc(F)c(F)c3)ccc2n1Cc1ccccc1)NC(=O)O. The zero-order chi connectivity index (χ0) is 28.6. The Hall–Kier alpha value is -5.00. The topological polar surface area (TPSA) is 146 Å². The number of hydrogen-bond acceptors (Lipinski definition) is 4. The van der Waals surface area contributed by atoms with Crippen LogP contribution in [-0.4, -0.2) is 57.0 Å². The van der Waals surface area contributed by atoms with E-state index < -0.39 is 35.8 Å². The van der Waals surface area contributed by atoms with Crippen LogP contribution in [-0.2, 0) is 6.54 Å². The molecule has 0 saturated carbocycles. The largest absolute Gasteiger partial charge is 0.465 e. The van der Waals surface area contributed by atoms with E-state index in [1.165, 1.54) is 6.07 Å². The maximum absolute atomic E-state index is 13.8. The number of carboxylic acid groups (broad SMARTS) is 2. The van der Waals surface area contributed by atoms with E-state index >= 15 is 0 Å². The Morgan fingerprint density at radius 2 is 1.60 bits per heavy atom. The number of aromatic nitrogens is 2. The van der Waals surface area contributed by atoms with Crippen molar-refractivity contribution in [1.82, 2.24) is 25.5 Å².